The van der Waals surface area contributed by atoms with Crippen molar-refractivity contribution in [2.24, 2.45) is 5.73 Å². The third-order valence-corrected chi connectivity index (χ3v) is 6.40. The zero-order valence-electron chi connectivity index (χ0n) is 19.4. The van der Waals surface area contributed by atoms with Gasteiger partial charge in [0.1, 0.15) is 12.4 Å². The van der Waals surface area contributed by atoms with Gasteiger partial charge >= 0.3 is 0 Å². The molecular formula is C28H26N6O. The number of aryl methyl sites for hydroxylation is 1. The second-order valence-corrected chi connectivity index (χ2v) is 8.86. The van der Waals surface area contributed by atoms with Gasteiger partial charge in [0, 0.05) is 40.3 Å². The number of hydrogen-bond acceptors (Lipinski definition) is 4. The molecular weight excluding hydrogens is 436 g/mol. The summed E-state index contributed by atoms with van der Waals surface area (Å²) in [5, 5.41) is 9.69. The lowest BCUT2D eigenvalue weighted by Gasteiger charge is -2.15. The van der Waals surface area contributed by atoms with Crippen LogP contribution >= 0.6 is 0 Å². The van der Waals surface area contributed by atoms with Crippen LogP contribution < -0.4 is 10.5 Å². The van der Waals surface area contributed by atoms with Crippen LogP contribution in [0.5, 0.6) is 5.75 Å². The number of hydrogen-bond donors (Lipinski definition) is 4. The Bertz CT molecular complexity index is 1610. The fourth-order valence-corrected chi connectivity index (χ4v) is 4.59. The molecule has 4 heterocycles. The van der Waals surface area contributed by atoms with E-state index >= 15 is 0 Å². The first kappa shape index (κ1) is 21.2. The molecule has 0 saturated carbocycles. The number of rotatable bonds is 7. The minimum Gasteiger partial charge on any atom is -0.490 e. The molecule has 0 bridgehead atoms. The molecule has 1 atom stereocenters. The molecule has 7 nitrogen and oxygen atoms in total. The molecule has 0 fully saturated rings. The highest BCUT2D eigenvalue weighted by molar-refractivity contribution is 5.89. The average molecular weight is 463 g/mol. The SMILES string of the molecule is Cc1n[nH]c2ccc(-c3cc(OC[C@@H](N)Cc4c[nH]c5ccccc45)cnc3-c3ccc[nH]3)cc12. The molecule has 0 unspecified atom stereocenters. The standard InChI is InChI=1S/C28H26N6O/c1-17-23-12-18(8-9-26(23)34-33-17)24-13-21(15-32-28(24)27-7-4-10-30-27)35-16-20(29)11-19-14-31-25-6-3-2-5-22(19)25/h2-10,12-15,20,30-31H,11,16,29H2,1H3,(H,33,34)/t20-/m0/s1. The van der Waals surface area contributed by atoms with Crippen LogP contribution in [0.3, 0.4) is 0 Å². The summed E-state index contributed by atoms with van der Waals surface area (Å²) in [7, 11) is 0. The van der Waals surface area contributed by atoms with Crippen LogP contribution in [0.4, 0.5) is 0 Å². The highest BCUT2D eigenvalue weighted by Gasteiger charge is 2.15. The third-order valence-electron chi connectivity index (χ3n) is 6.40. The van der Waals surface area contributed by atoms with Crippen molar-refractivity contribution in [1.29, 1.82) is 0 Å². The predicted molar refractivity (Wildman–Crippen MR) is 139 cm³/mol. The Labute approximate surface area is 202 Å². The number of H-pyrrole nitrogens is 3. The summed E-state index contributed by atoms with van der Waals surface area (Å²) in [4.78, 5) is 11.3. The van der Waals surface area contributed by atoms with Crippen molar-refractivity contribution >= 4 is 21.8 Å². The molecule has 4 aromatic heterocycles. The van der Waals surface area contributed by atoms with Crippen LogP contribution in [0, 0.1) is 6.92 Å². The van der Waals surface area contributed by atoms with E-state index in [1.54, 1.807) is 6.20 Å². The summed E-state index contributed by atoms with van der Waals surface area (Å²) in [6, 6.07) is 20.4. The minimum atomic E-state index is -0.148. The zero-order valence-corrected chi connectivity index (χ0v) is 19.4. The van der Waals surface area contributed by atoms with E-state index < -0.39 is 0 Å². The Hall–Kier alpha value is -4.36. The van der Waals surface area contributed by atoms with Crippen LogP contribution in [0.25, 0.3) is 44.3 Å². The lowest BCUT2D eigenvalue weighted by molar-refractivity contribution is 0.287. The van der Waals surface area contributed by atoms with Crippen molar-refractivity contribution in [2.45, 2.75) is 19.4 Å². The Morgan fingerprint density at radius 2 is 1.89 bits per heavy atom. The second-order valence-electron chi connectivity index (χ2n) is 8.86. The van der Waals surface area contributed by atoms with Crippen LogP contribution in [0.15, 0.2) is 79.3 Å². The van der Waals surface area contributed by atoms with E-state index in [2.05, 4.69) is 44.4 Å². The van der Waals surface area contributed by atoms with E-state index in [4.69, 9.17) is 15.5 Å². The number of benzene rings is 2. The molecule has 0 aliphatic rings. The molecule has 7 heteroatoms. The van der Waals surface area contributed by atoms with E-state index in [0.29, 0.717) is 12.4 Å². The lowest BCUT2D eigenvalue weighted by atomic mass is 10.00. The molecule has 0 aliphatic carbocycles. The monoisotopic (exact) mass is 462 g/mol. The highest BCUT2D eigenvalue weighted by Crippen LogP contribution is 2.34. The topological polar surface area (TPSA) is 108 Å². The number of fused-ring (bicyclic) bond motifs is 2. The van der Waals surface area contributed by atoms with E-state index in [-0.39, 0.29) is 6.04 Å². The van der Waals surface area contributed by atoms with Crippen molar-refractivity contribution in [3.8, 4) is 28.3 Å². The smallest absolute Gasteiger partial charge is 0.138 e. The normalized spacial score (nSPS) is 12.4. The summed E-state index contributed by atoms with van der Waals surface area (Å²) in [5.74, 6) is 0.689. The van der Waals surface area contributed by atoms with Gasteiger partial charge in [-0.15, -0.1) is 0 Å². The largest absolute Gasteiger partial charge is 0.490 e. The molecule has 0 saturated heterocycles. The van der Waals surface area contributed by atoms with E-state index in [1.165, 1.54) is 10.9 Å². The molecule has 0 aliphatic heterocycles. The van der Waals surface area contributed by atoms with Gasteiger partial charge in [0.05, 0.1) is 28.8 Å². The maximum absolute atomic E-state index is 6.45. The van der Waals surface area contributed by atoms with Crippen LogP contribution in [0.1, 0.15) is 11.3 Å². The first-order valence-corrected chi connectivity index (χ1v) is 11.7. The van der Waals surface area contributed by atoms with Crippen LogP contribution in [0.2, 0.25) is 0 Å². The summed E-state index contributed by atoms with van der Waals surface area (Å²) in [6.07, 6.45) is 6.42. The molecule has 0 amide bonds. The lowest BCUT2D eigenvalue weighted by Crippen LogP contribution is -2.30. The average Bonchev–Trinajstić information content (AvgIpc) is 3.64. The van der Waals surface area contributed by atoms with Crippen molar-refractivity contribution in [3.05, 3.63) is 90.5 Å². The Morgan fingerprint density at radius 3 is 2.77 bits per heavy atom. The number of pyridine rings is 1. The molecule has 0 radical (unpaired) electrons. The van der Waals surface area contributed by atoms with Gasteiger partial charge in [-0.1, -0.05) is 24.3 Å². The third kappa shape index (κ3) is 4.06. The first-order chi connectivity index (χ1) is 17.2. The van der Waals surface area contributed by atoms with Gasteiger partial charge in [0.15, 0.2) is 0 Å². The number of nitrogens with two attached hydrogens (primary N) is 1. The fourth-order valence-electron chi connectivity index (χ4n) is 4.59. The van der Waals surface area contributed by atoms with Gasteiger partial charge in [-0.2, -0.15) is 5.10 Å². The number of nitrogens with one attached hydrogen (secondary N) is 3. The maximum Gasteiger partial charge on any atom is 0.138 e. The fraction of sp³-hybridized carbons (Fsp3) is 0.143. The Balaban J connectivity index is 1.27. The first-order valence-electron chi connectivity index (χ1n) is 11.7. The van der Waals surface area contributed by atoms with Crippen molar-refractivity contribution in [2.75, 3.05) is 6.61 Å². The summed E-state index contributed by atoms with van der Waals surface area (Å²) >= 11 is 0. The van der Waals surface area contributed by atoms with Gasteiger partial charge < -0.3 is 20.4 Å². The van der Waals surface area contributed by atoms with Crippen LogP contribution in [-0.4, -0.2) is 37.8 Å². The molecule has 6 aromatic rings. The molecule has 6 rings (SSSR count). The second kappa shape index (κ2) is 8.77. The quantitative estimate of drug-likeness (QED) is 0.256. The predicted octanol–water partition coefficient (Wildman–Crippen LogP) is 5.36. The number of aromatic amines is 3. The van der Waals surface area contributed by atoms with Crippen molar-refractivity contribution in [1.82, 2.24) is 25.1 Å². The molecule has 35 heavy (non-hydrogen) atoms. The van der Waals surface area contributed by atoms with Crippen molar-refractivity contribution in [3.63, 3.8) is 0 Å². The highest BCUT2D eigenvalue weighted by atomic mass is 16.5. The van der Waals surface area contributed by atoms with Gasteiger partial charge in [-0.05, 0) is 60.9 Å². The molecule has 5 N–H and O–H groups in total. The van der Waals surface area contributed by atoms with E-state index in [1.807, 2.05) is 55.7 Å². The summed E-state index contributed by atoms with van der Waals surface area (Å²) < 4.78 is 6.13. The van der Waals surface area contributed by atoms with Gasteiger partial charge in [-0.3, -0.25) is 10.1 Å². The van der Waals surface area contributed by atoms with E-state index in [0.717, 1.165) is 51.0 Å². The molecule has 174 valence electrons. The van der Waals surface area contributed by atoms with Crippen LogP contribution in [-0.2, 0) is 6.42 Å². The Morgan fingerprint density at radius 1 is 0.971 bits per heavy atom. The number of ether oxygens (including phenoxy) is 1. The minimum absolute atomic E-state index is 0.148. The summed E-state index contributed by atoms with van der Waals surface area (Å²) in [5.41, 5.74) is 14.6. The van der Waals surface area contributed by atoms with Gasteiger partial charge in [0.25, 0.3) is 0 Å². The molecule has 2 aromatic carbocycles. The number of aromatic nitrogens is 5. The molecule has 0 spiro atoms. The Kier molecular flexibility index (Phi) is 5.31. The number of para-hydroxylation sites is 1. The van der Waals surface area contributed by atoms with Crippen molar-refractivity contribution < 1.29 is 4.74 Å². The van der Waals surface area contributed by atoms with E-state index in [9.17, 15) is 0 Å². The zero-order chi connectivity index (χ0) is 23.8. The number of nitrogens with zero attached hydrogens (tertiary/aromatic N) is 2. The maximum atomic E-state index is 6.45. The van der Waals surface area contributed by atoms with Gasteiger partial charge in [-0.25, -0.2) is 0 Å². The summed E-state index contributed by atoms with van der Waals surface area (Å²) in [6.45, 7) is 2.39. The van der Waals surface area contributed by atoms with Gasteiger partial charge in [0.2, 0.25) is 0 Å².